The van der Waals surface area contributed by atoms with E-state index in [1.165, 1.54) is 6.20 Å². The van der Waals surface area contributed by atoms with Crippen molar-refractivity contribution in [1.29, 1.82) is 0 Å². The van der Waals surface area contributed by atoms with Crippen molar-refractivity contribution in [3.05, 3.63) is 47.8 Å². The topological polar surface area (TPSA) is 66.1 Å². The van der Waals surface area contributed by atoms with E-state index >= 15 is 0 Å². The van der Waals surface area contributed by atoms with Gasteiger partial charge in [0.2, 0.25) is 10.0 Å². The molecule has 1 aliphatic heterocycles. The van der Waals surface area contributed by atoms with Crippen molar-refractivity contribution < 1.29 is 26.0 Å². The summed E-state index contributed by atoms with van der Waals surface area (Å²) in [6.45, 7) is 0.154. The van der Waals surface area contributed by atoms with Crippen molar-refractivity contribution in [2.45, 2.75) is 17.0 Å². The number of benzene rings is 1. The number of alkyl halides is 3. The molecule has 2 aromatic rings. The normalized spacial score (nSPS) is 17.2. The Balaban J connectivity index is 1.85. The van der Waals surface area contributed by atoms with Crippen LogP contribution in [0.1, 0.15) is 17.3 Å². The first-order chi connectivity index (χ1) is 10.7. The molecule has 1 aromatic heterocycles. The van der Waals surface area contributed by atoms with E-state index in [-0.39, 0.29) is 25.1 Å². The third-order valence-corrected chi connectivity index (χ3v) is 5.40. The smallest absolute Gasteiger partial charge is 0.348 e. The van der Waals surface area contributed by atoms with Gasteiger partial charge in [0.25, 0.3) is 0 Å². The predicted molar refractivity (Wildman–Crippen MR) is 71.5 cm³/mol. The minimum absolute atomic E-state index is 0.0771. The van der Waals surface area contributed by atoms with E-state index in [1.807, 2.05) is 0 Å². The number of hydrogen-bond acceptors (Lipinski definition) is 3. The number of rotatable bonds is 3. The molecular weight excluding hydrogens is 338 g/mol. The van der Waals surface area contributed by atoms with Crippen molar-refractivity contribution >= 4 is 10.0 Å². The van der Waals surface area contributed by atoms with Crippen LogP contribution in [0.2, 0.25) is 0 Å². The summed E-state index contributed by atoms with van der Waals surface area (Å²) in [6, 6.07) is 1.30. The Morgan fingerprint density at radius 3 is 2.48 bits per heavy atom. The van der Waals surface area contributed by atoms with Gasteiger partial charge in [-0.1, -0.05) is 0 Å². The van der Waals surface area contributed by atoms with Crippen LogP contribution in [0, 0.1) is 5.82 Å². The lowest BCUT2D eigenvalue weighted by Crippen LogP contribution is -2.48. The van der Waals surface area contributed by atoms with Gasteiger partial charge in [0.1, 0.15) is 11.6 Å². The molecule has 0 spiro atoms. The summed E-state index contributed by atoms with van der Waals surface area (Å²) in [6.07, 6.45) is -1.71. The third kappa shape index (κ3) is 2.95. The minimum Gasteiger partial charge on any atom is -0.348 e. The molecule has 23 heavy (non-hydrogen) atoms. The van der Waals surface area contributed by atoms with E-state index < -0.39 is 32.5 Å². The van der Waals surface area contributed by atoms with Gasteiger partial charge in [-0.15, -0.1) is 0 Å². The Hall–Kier alpha value is -1.94. The lowest BCUT2D eigenvalue weighted by Gasteiger charge is -2.36. The Morgan fingerprint density at radius 1 is 1.22 bits per heavy atom. The van der Waals surface area contributed by atoms with Crippen molar-refractivity contribution in [3.63, 3.8) is 0 Å². The molecular formula is C13H11F4N3O2S. The average Bonchev–Trinajstić information content (AvgIpc) is 2.88. The molecule has 0 radical (unpaired) electrons. The first kappa shape index (κ1) is 15.9. The lowest BCUT2D eigenvalue weighted by molar-refractivity contribution is -0.137. The van der Waals surface area contributed by atoms with Crippen LogP contribution in [0.25, 0.3) is 0 Å². The second-order valence-corrected chi connectivity index (χ2v) is 7.10. The van der Waals surface area contributed by atoms with Gasteiger partial charge in [0, 0.05) is 31.4 Å². The van der Waals surface area contributed by atoms with E-state index in [9.17, 15) is 26.0 Å². The first-order valence-electron chi connectivity index (χ1n) is 6.55. The van der Waals surface area contributed by atoms with Gasteiger partial charge in [-0.3, -0.25) is 0 Å². The second kappa shape index (κ2) is 5.31. The standard InChI is InChI=1S/C13H11F4N3O2S/c14-10-3-9(13(15,16)17)4-11(5-10)23(21,22)20-6-8(7-20)12-18-1-2-19-12/h1-5,8H,6-7H2,(H,18,19). The monoisotopic (exact) mass is 349 g/mol. The zero-order chi connectivity index (χ0) is 16.8. The van der Waals surface area contributed by atoms with Gasteiger partial charge >= 0.3 is 6.18 Å². The van der Waals surface area contributed by atoms with Gasteiger partial charge in [0.05, 0.1) is 10.5 Å². The number of imidazole rings is 1. The molecule has 1 saturated heterocycles. The molecule has 1 aliphatic rings. The van der Waals surface area contributed by atoms with Crippen LogP contribution < -0.4 is 0 Å². The molecule has 0 unspecified atom stereocenters. The Bertz CT molecular complexity index is 812. The Morgan fingerprint density at radius 2 is 1.91 bits per heavy atom. The van der Waals surface area contributed by atoms with E-state index in [2.05, 4.69) is 9.97 Å². The summed E-state index contributed by atoms with van der Waals surface area (Å²) in [5, 5.41) is 0. The van der Waals surface area contributed by atoms with Crippen LogP contribution in [-0.2, 0) is 16.2 Å². The minimum atomic E-state index is -4.82. The Labute approximate surface area is 129 Å². The number of aromatic nitrogens is 2. The number of H-pyrrole nitrogens is 1. The quantitative estimate of drug-likeness (QED) is 0.865. The van der Waals surface area contributed by atoms with Crippen LogP contribution in [-0.4, -0.2) is 35.8 Å². The molecule has 5 nitrogen and oxygen atoms in total. The molecule has 0 aliphatic carbocycles. The average molecular weight is 349 g/mol. The van der Waals surface area contributed by atoms with Gasteiger partial charge in [-0.25, -0.2) is 17.8 Å². The number of aromatic amines is 1. The molecule has 124 valence electrons. The van der Waals surface area contributed by atoms with Gasteiger partial charge < -0.3 is 4.98 Å². The zero-order valence-electron chi connectivity index (χ0n) is 11.5. The fourth-order valence-corrected chi connectivity index (χ4v) is 3.92. The number of nitrogens with zero attached hydrogens (tertiary/aromatic N) is 2. The summed E-state index contributed by atoms with van der Waals surface area (Å²) < 4.78 is 77.1. The highest BCUT2D eigenvalue weighted by molar-refractivity contribution is 7.89. The molecule has 2 heterocycles. The molecule has 0 amide bonds. The molecule has 0 bridgehead atoms. The maximum atomic E-state index is 13.4. The van der Waals surface area contributed by atoms with E-state index in [0.29, 0.717) is 18.0 Å². The summed E-state index contributed by atoms with van der Waals surface area (Å²) in [5.74, 6) is -0.802. The van der Waals surface area contributed by atoms with Gasteiger partial charge in [0.15, 0.2) is 0 Å². The third-order valence-electron chi connectivity index (χ3n) is 3.59. The second-order valence-electron chi connectivity index (χ2n) is 5.17. The number of sulfonamides is 1. The largest absolute Gasteiger partial charge is 0.416 e. The number of nitrogens with one attached hydrogen (secondary N) is 1. The molecule has 1 aromatic carbocycles. The summed E-state index contributed by atoms with van der Waals surface area (Å²) in [4.78, 5) is 6.14. The van der Waals surface area contributed by atoms with Crippen LogP contribution in [0.4, 0.5) is 17.6 Å². The molecule has 1 N–H and O–H groups in total. The van der Waals surface area contributed by atoms with Crippen LogP contribution in [0.15, 0.2) is 35.5 Å². The maximum absolute atomic E-state index is 13.4. The number of hydrogen-bond donors (Lipinski definition) is 1. The summed E-state index contributed by atoms with van der Waals surface area (Å²) in [7, 11) is -4.18. The van der Waals surface area contributed by atoms with Gasteiger partial charge in [-0.2, -0.15) is 17.5 Å². The van der Waals surface area contributed by atoms with Crippen LogP contribution in [0.3, 0.4) is 0 Å². The molecule has 1 fully saturated rings. The van der Waals surface area contributed by atoms with Crippen molar-refractivity contribution in [3.8, 4) is 0 Å². The van der Waals surface area contributed by atoms with E-state index in [0.717, 1.165) is 4.31 Å². The molecule has 0 atom stereocenters. The van der Waals surface area contributed by atoms with Crippen molar-refractivity contribution in [2.75, 3.05) is 13.1 Å². The van der Waals surface area contributed by atoms with E-state index in [1.54, 1.807) is 6.20 Å². The highest BCUT2D eigenvalue weighted by Crippen LogP contribution is 2.34. The Kier molecular flexibility index (Phi) is 3.68. The van der Waals surface area contributed by atoms with E-state index in [4.69, 9.17) is 0 Å². The molecule has 0 saturated carbocycles. The van der Waals surface area contributed by atoms with Crippen LogP contribution >= 0.6 is 0 Å². The SMILES string of the molecule is O=S(=O)(c1cc(F)cc(C(F)(F)F)c1)N1CC(c2ncc[nH]2)C1. The van der Waals surface area contributed by atoms with Crippen molar-refractivity contribution in [2.24, 2.45) is 0 Å². The lowest BCUT2D eigenvalue weighted by atomic mass is 10.0. The first-order valence-corrected chi connectivity index (χ1v) is 7.99. The molecule has 10 heteroatoms. The van der Waals surface area contributed by atoms with Gasteiger partial charge in [-0.05, 0) is 18.2 Å². The maximum Gasteiger partial charge on any atom is 0.416 e. The summed E-state index contributed by atoms with van der Waals surface area (Å²) in [5.41, 5.74) is -1.33. The predicted octanol–water partition coefficient (Wildman–Crippen LogP) is 2.36. The number of halogens is 4. The molecule has 3 rings (SSSR count). The zero-order valence-corrected chi connectivity index (χ0v) is 12.3. The highest BCUT2D eigenvalue weighted by atomic mass is 32.2. The van der Waals surface area contributed by atoms with Crippen LogP contribution in [0.5, 0.6) is 0 Å². The fourth-order valence-electron chi connectivity index (χ4n) is 2.33. The van der Waals surface area contributed by atoms with Crippen molar-refractivity contribution in [1.82, 2.24) is 14.3 Å². The summed E-state index contributed by atoms with van der Waals surface area (Å²) >= 11 is 0. The fraction of sp³-hybridized carbons (Fsp3) is 0.308. The highest BCUT2D eigenvalue weighted by Gasteiger charge is 2.40.